The van der Waals surface area contributed by atoms with Crippen molar-refractivity contribution in [2.45, 2.75) is 43.8 Å². The van der Waals surface area contributed by atoms with Gasteiger partial charge in [0.15, 0.2) is 0 Å². The predicted molar refractivity (Wildman–Crippen MR) is 90.4 cm³/mol. The van der Waals surface area contributed by atoms with E-state index in [2.05, 4.69) is 15.1 Å². The zero-order valence-corrected chi connectivity index (χ0v) is 15.4. The molecule has 3 aliphatic rings. The van der Waals surface area contributed by atoms with Crippen molar-refractivity contribution in [1.29, 1.82) is 0 Å². The van der Waals surface area contributed by atoms with E-state index in [9.17, 15) is 18.6 Å². The van der Waals surface area contributed by atoms with Crippen molar-refractivity contribution in [2.24, 2.45) is 11.7 Å². The molecule has 0 aromatic heterocycles. The Labute approximate surface area is 158 Å². The normalized spacial score (nSPS) is 31.2. The summed E-state index contributed by atoms with van der Waals surface area (Å²) in [6, 6.07) is -1.70. The standard InChI is InChI=1S/C14H23N5O7S/c15-12(20)4-8-3-9(16-5-8)7-25-17-13(21)11-2-1-10-6-18(11)14(22)19(10)26-27(23)24/h8-11,16H,1-7H2,(H2,15,20)(H,17,21)(H,23,24)/t8-,9+,10?,11?/m0/s1. The first-order valence-electron chi connectivity index (χ1n) is 8.67. The van der Waals surface area contributed by atoms with Crippen molar-refractivity contribution in [3.63, 3.8) is 0 Å². The molecule has 13 heteroatoms. The maximum Gasteiger partial charge on any atom is 0.346 e. The molecular formula is C14H23N5O7S. The molecule has 3 unspecified atom stereocenters. The number of nitrogens with zero attached hydrogens (tertiary/aromatic N) is 2. The molecule has 0 aliphatic carbocycles. The minimum Gasteiger partial charge on any atom is -0.370 e. The second-order valence-electron chi connectivity index (χ2n) is 6.95. The van der Waals surface area contributed by atoms with Gasteiger partial charge >= 0.3 is 17.4 Å². The van der Waals surface area contributed by atoms with Gasteiger partial charge in [-0.2, -0.15) is 9.27 Å². The zero-order valence-electron chi connectivity index (χ0n) is 14.5. The van der Waals surface area contributed by atoms with Crippen molar-refractivity contribution in [3.05, 3.63) is 0 Å². The lowest BCUT2D eigenvalue weighted by Gasteiger charge is -2.29. The van der Waals surface area contributed by atoms with Crippen LogP contribution in [0, 0.1) is 5.92 Å². The van der Waals surface area contributed by atoms with Gasteiger partial charge in [0.1, 0.15) is 6.04 Å². The zero-order chi connectivity index (χ0) is 19.6. The van der Waals surface area contributed by atoms with Gasteiger partial charge in [-0.25, -0.2) is 10.3 Å². The molecule has 3 rings (SSSR count). The molecule has 3 saturated heterocycles. The third-order valence-electron chi connectivity index (χ3n) is 5.03. The molecule has 0 aromatic carbocycles. The molecule has 2 bridgehead atoms. The van der Waals surface area contributed by atoms with Gasteiger partial charge in [-0.1, -0.05) is 0 Å². The summed E-state index contributed by atoms with van der Waals surface area (Å²) in [6.45, 7) is 1.13. The van der Waals surface area contributed by atoms with Gasteiger partial charge in [-0.3, -0.25) is 19.0 Å². The number of urea groups is 1. The Morgan fingerprint density at radius 2 is 2.19 bits per heavy atom. The van der Waals surface area contributed by atoms with Crippen LogP contribution in [0.4, 0.5) is 4.79 Å². The first-order chi connectivity index (χ1) is 12.8. The van der Waals surface area contributed by atoms with Crippen molar-refractivity contribution in [1.82, 2.24) is 20.8 Å². The van der Waals surface area contributed by atoms with E-state index >= 15 is 0 Å². The second kappa shape index (κ2) is 8.48. The highest BCUT2D eigenvalue weighted by atomic mass is 32.2. The van der Waals surface area contributed by atoms with Gasteiger partial charge < -0.3 is 16.0 Å². The average molecular weight is 405 g/mol. The molecule has 12 nitrogen and oxygen atoms in total. The van der Waals surface area contributed by atoms with E-state index in [1.807, 2.05) is 0 Å². The highest BCUT2D eigenvalue weighted by molar-refractivity contribution is 7.74. The number of fused-ring (bicyclic) bond motifs is 2. The smallest absolute Gasteiger partial charge is 0.346 e. The quantitative estimate of drug-likeness (QED) is 0.272. The molecular weight excluding hydrogens is 382 g/mol. The van der Waals surface area contributed by atoms with Crippen LogP contribution < -0.4 is 16.5 Å². The number of hydrogen-bond acceptors (Lipinski definition) is 7. The van der Waals surface area contributed by atoms with Crippen LogP contribution in [0.5, 0.6) is 0 Å². The molecule has 3 aliphatic heterocycles. The monoisotopic (exact) mass is 405 g/mol. The van der Waals surface area contributed by atoms with Gasteiger partial charge in [0.2, 0.25) is 5.91 Å². The molecule has 3 heterocycles. The maximum atomic E-state index is 12.4. The van der Waals surface area contributed by atoms with E-state index in [-0.39, 0.29) is 37.1 Å². The Balaban J connectivity index is 1.43. The van der Waals surface area contributed by atoms with Gasteiger partial charge in [-0.15, -0.1) is 4.28 Å². The molecule has 0 aromatic rings. The number of hydroxylamine groups is 3. The number of hydrogen-bond donors (Lipinski definition) is 4. The summed E-state index contributed by atoms with van der Waals surface area (Å²) in [5.41, 5.74) is 7.55. The lowest BCUT2D eigenvalue weighted by atomic mass is 10.0. The molecule has 152 valence electrons. The molecule has 27 heavy (non-hydrogen) atoms. The van der Waals surface area contributed by atoms with E-state index in [1.165, 1.54) is 4.90 Å². The third-order valence-corrected chi connectivity index (χ3v) is 5.32. The molecule has 3 fully saturated rings. The minimum absolute atomic E-state index is 0.00206. The fourth-order valence-electron chi connectivity index (χ4n) is 3.82. The number of carbonyl (C=O) groups is 3. The van der Waals surface area contributed by atoms with E-state index < -0.39 is 29.3 Å². The average Bonchev–Trinajstić information content (AvgIpc) is 3.12. The summed E-state index contributed by atoms with van der Waals surface area (Å²) < 4.78 is 24.2. The summed E-state index contributed by atoms with van der Waals surface area (Å²) in [5, 5.41) is 4.05. The van der Waals surface area contributed by atoms with E-state index in [1.54, 1.807) is 0 Å². The number of rotatable bonds is 8. The van der Waals surface area contributed by atoms with E-state index in [4.69, 9.17) is 15.1 Å². The van der Waals surface area contributed by atoms with Crippen LogP contribution in [0.3, 0.4) is 0 Å². The van der Waals surface area contributed by atoms with Gasteiger partial charge in [-0.05, 0) is 31.7 Å². The molecule has 0 spiro atoms. The third kappa shape index (κ3) is 4.73. The van der Waals surface area contributed by atoms with Gasteiger partial charge in [0, 0.05) is 19.0 Å². The van der Waals surface area contributed by atoms with Gasteiger partial charge in [0.25, 0.3) is 5.91 Å². The second-order valence-corrected chi connectivity index (χ2v) is 7.54. The Morgan fingerprint density at radius 1 is 1.41 bits per heavy atom. The van der Waals surface area contributed by atoms with Crippen LogP contribution in [0.1, 0.15) is 25.7 Å². The van der Waals surface area contributed by atoms with Crippen LogP contribution in [0.25, 0.3) is 0 Å². The Morgan fingerprint density at radius 3 is 2.89 bits per heavy atom. The number of piperidine rings is 1. The van der Waals surface area contributed by atoms with Crippen LogP contribution >= 0.6 is 0 Å². The highest BCUT2D eigenvalue weighted by Crippen LogP contribution is 2.30. The predicted octanol–water partition coefficient (Wildman–Crippen LogP) is -1.78. The fourth-order valence-corrected chi connectivity index (χ4v) is 4.14. The molecule has 0 saturated carbocycles. The van der Waals surface area contributed by atoms with Crippen LogP contribution in [0.15, 0.2) is 0 Å². The summed E-state index contributed by atoms with van der Waals surface area (Å²) >= 11 is -2.60. The first-order valence-corrected chi connectivity index (χ1v) is 9.70. The molecule has 5 atom stereocenters. The Kier molecular flexibility index (Phi) is 6.26. The van der Waals surface area contributed by atoms with Crippen LogP contribution in [0.2, 0.25) is 0 Å². The van der Waals surface area contributed by atoms with Crippen LogP contribution in [-0.4, -0.2) is 74.4 Å². The summed E-state index contributed by atoms with van der Waals surface area (Å²) in [6.07, 6.45) is 1.90. The van der Waals surface area contributed by atoms with Crippen molar-refractivity contribution >= 4 is 29.2 Å². The fraction of sp³-hybridized carbons (Fsp3) is 0.786. The largest absolute Gasteiger partial charge is 0.370 e. The number of primary amides is 1. The molecule has 4 amide bonds. The Bertz CT molecular complexity index is 635. The van der Waals surface area contributed by atoms with Crippen LogP contribution in [-0.2, 0) is 30.1 Å². The maximum absolute atomic E-state index is 12.4. The van der Waals surface area contributed by atoms with Crippen molar-refractivity contribution in [2.75, 3.05) is 19.7 Å². The molecule has 0 radical (unpaired) electrons. The lowest BCUT2D eigenvalue weighted by molar-refractivity contribution is -0.139. The lowest BCUT2D eigenvalue weighted by Crippen LogP contribution is -2.50. The van der Waals surface area contributed by atoms with Gasteiger partial charge in [0.05, 0.1) is 12.6 Å². The van der Waals surface area contributed by atoms with E-state index in [0.29, 0.717) is 25.8 Å². The number of nitrogens with one attached hydrogen (secondary N) is 2. The topological polar surface area (TPSA) is 164 Å². The summed E-state index contributed by atoms with van der Waals surface area (Å²) in [7, 11) is 0. The number of nitrogens with two attached hydrogens (primary N) is 1. The minimum atomic E-state index is -2.60. The molecule has 5 N–H and O–H groups in total. The number of carbonyl (C=O) groups excluding carboxylic acids is 3. The van der Waals surface area contributed by atoms with Crippen molar-refractivity contribution in [3.8, 4) is 0 Å². The van der Waals surface area contributed by atoms with Crippen molar-refractivity contribution < 1.29 is 32.3 Å². The number of amides is 4. The highest BCUT2D eigenvalue weighted by Gasteiger charge is 2.48. The first kappa shape index (κ1) is 19.9. The SMILES string of the molecule is NC(=O)C[C@H]1CN[C@@H](CONC(=O)C2CCC3CN2C(=O)N3OS(=O)O)C1. The summed E-state index contributed by atoms with van der Waals surface area (Å²) in [5.74, 6) is -0.640. The Hall–Kier alpha value is -1.80. The summed E-state index contributed by atoms with van der Waals surface area (Å²) in [4.78, 5) is 42.1. The van der Waals surface area contributed by atoms with E-state index in [0.717, 1.165) is 11.5 Å².